The molecule has 1 unspecified atom stereocenters. The molecule has 0 saturated heterocycles. The number of hydrogen-bond acceptors (Lipinski definition) is 1. The lowest BCUT2D eigenvalue weighted by molar-refractivity contribution is 0.884. The number of hydrogen-bond donors (Lipinski definition) is 1. The van der Waals surface area contributed by atoms with Gasteiger partial charge in [-0.05, 0) is 37.6 Å². The van der Waals surface area contributed by atoms with Crippen molar-refractivity contribution in [1.82, 2.24) is 0 Å². The predicted molar refractivity (Wildman–Crippen MR) is 77.4 cm³/mol. The largest absolute Gasteiger partial charge is 0.378 e. The molecule has 88 valence electrons. The van der Waals surface area contributed by atoms with Crippen molar-refractivity contribution in [1.29, 1.82) is 0 Å². The average molecular weight is 290 g/mol. The van der Waals surface area contributed by atoms with Crippen LogP contribution in [0.15, 0.2) is 53.0 Å². The molecule has 0 aliphatic rings. The van der Waals surface area contributed by atoms with Gasteiger partial charge in [0.2, 0.25) is 0 Å². The van der Waals surface area contributed by atoms with Crippen LogP contribution in [0.3, 0.4) is 0 Å². The summed E-state index contributed by atoms with van der Waals surface area (Å²) < 4.78 is 1.10. The van der Waals surface area contributed by atoms with Crippen molar-refractivity contribution in [2.75, 3.05) is 5.32 Å². The van der Waals surface area contributed by atoms with Crippen LogP contribution < -0.4 is 5.32 Å². The summed E-state index contributed by atoms with van der Waals surface area (Å²) >= 11 is 3.48. The van der Waals surface area contributed by atoms with Gasteiger partial charge in [0.05, 0.1) is 0 Å². The maximum atomic E-state index is 3.49. The van der Waals surface area contributed by atoms with Crippen LogP contribution in [-0.4, -0.2) is 0 Å². The summed E-state index contributed by atoms with van der Waals surface area (Å²) in [5.74, 6) is 0. The van der Waals surface area contributed by atoms with Crippen molar-refractivity contribution in [2.45, 2.75) is 19.9 Å². The number of nitrogens with one attached hydrogen (secondary N) is 1. The maximum absolute atomic E-state index is 3.49. The highest BCUT2D eigenvalue weighted by Crippen LogP contribution is 2.22. The van der Waals surface area contributed by atoms with Crippen LogP contribution in [0.5, 0.6) is 0 Å². The quantitative estimate of drug-likeness (QED) is 0.845. The molecule has 0 spiro atoms. The third kappa shape index (κ3) is 3.34. The third-order valence-electron chi connectivity index (χ3n) is 2.79. The zero-order valence-electron chi connectivity index (χ0n) is 10.1. The Labute approximate surface area is 111 Å². The standard InChI is InChI=1S/C15H16BrN/c1-11-6-8-13(9-7-11)12(2)17-15-5-3-4-14(16)10-15/h3-10,12,17H,1-2H3. The summed E-state index contributed by atoms with van der Waals surface area (Å²) in [5.41, 5.74) is 3.73. The Bertz CT molecular complexity index is 491. The molecule has 0 fully saturated rings. The van der Waals surface area contributed by atoms with Gasteiger partial charge in [0, 0.05) is 16.2 Å². The molecule has 0 aromatic heterocycles. The van der Waals surface area contributed by atoms with E-state index >= 15 is 0 Å². The van der Waals surface area contributed by atoms with E-state index in [1.54, 1.807) is 0 Å². The zero-order valence-corrected chi connectivity index (χ0v) is 11.7. The molecule has 0 heterocycles. The molecule has 0 radical (unpaired) electrons. The Balaban J connectivity index is 2.11. The van der Waals surface area contributed by atoms with Gasteiger partial charge in [-0.1, -0.05) is 51.8 Å². The Morgan fingerprint density at radius 1 is 1.06 bits per heavy atom. The van der Waals surface area contributed by atoms with Crippen LogP contribution in [0.2, 0.25) is 0 Å². The molecular formula is C15H16BrN. The molecule has 2 aromatic rings. The third-order valence-corrected chi connectivity index (χ3v) is 3.28. The van der Waals surface area contributed by atoms with Gasteiger partial charge in [0.15, 0.2) is 0 Å². The van der Waals surface area contributed by atoms with Gasteiger partial charge < -0.3 is 5.32 Å². The zero-order chi connectivity index (χ0) is 12.3. The molecule has 1 atom stereocenters. The lowest BCUT2D eigenvalue weighted by atomic mass is 10.1. The van der Waals surface area contributed by atoms with Crippen LogP contribution in [0.25, 0.3) is 0 Å². The van der Waals surface area contributed by atoms with E-state index in [9.17, 15) is 0 Å². The highest BCUT2D eigenvalue weighted by molar-refractivity contribution is 9.10. The monoisotopic (exact) mass is 289 g/mol. The van der Waals surface area contributed by atoms with Gasteiger partial charge in [-0.2, -0.15) is 0 Å². The summed E-state index contributed by atoms with van der Waals surface area (Å²) in [5, 5.41) is 3.49. The number of aryl methyl sites for hydroxylation is 1. The van der Waals surface area contributed by atoms with Gasteiger partial charge >= 0.3 is 0 Å². The lowest BCUT2D eigenvalue weighted by Crippen LogP contribution is -2.06. The lowest BCUT2D eigenvalue weighted by Gasteiger charge is -2.16. The molecule has 2 rings (SSSR count). The minimum Gasteiger partial charge on any atom is -0.378 e. The molecule has 0 amide bonds. The van der Waals surface area contributed by atoms with E-state index in [0.717, 1.165) is 10.2 Å². The van der Waals surface area contributed by atoms with E-state index < -0.39 is 0 Å². The SMILES string of the molecule is Cc1ccc(C(C)Nc2cccc(Br)c2)cc1. The minimum atomic E-state index is 0.310. The van der Waals surface area contributed by atoms with Crippen molar-refractivity contribution in [2.24, 2.45) is 0 Å². The number of rotatable bonds is 3. The van der Waals surface area contributed by atoms with Crippen molar-refractivity contribution < 1.29 is 0 Å². The molecule has 1 nitrogen and oxygen atoms in total. The molecule has 0 aliphatic carbocycles. The van der Waals surface area contributed by atoms with Crippen molar-refractivity contribution >= 4 is 21.6 Å². The highest BCUT2D eigenvalue weighted by Gasteiger charge is 2.04. The van der Waals surface area contributed by atoms with Crippen LogP contribution in [0.1, 0.15) is 24.1 Å². The Hall–Kier alpha value is -1.28. The molecular weight excluding hydrogens is 274 g/mol. The molecule has 2 aromatic carbocycles. The highest BCUT2D eigenvalue weighted by atomic mass is 79.9. The molecule has 2 heteroatoms. The van der Waals surface area contributed by atoms with Crippen LogP contribution in [0.4, 0.5) is 5.69 Å². The Morgan fingerprint density at radius 2 is 1.76 bits per heavy atom. The van der Waals surface area contributed by atoms with E-state index in [1.807, 2.05) is 12.1 Å². The normalized spacial score (nSPS) is 12.2. The molecule has 0 saturated carbocycles. The first-order valence-electron chi connectivity index (χ1n) is 5.74. The molecule has 1 N–H and O–H groups in total. The second-order valence-corrected chi connectivity index (χ2v) is 5.20. The predicted octanol–water partition coefficient (Wildman–Crippen LogP) is 4.93. The minimum absolute atomic E-state index is 0.310. The Kier molecular flexibility index (Phi) is 3.85. The number of anilines is 1. The second-order valence-electron chi connectivity index (χ2n) is 4.29. The number of halogens is 1. The first-order chi connectivity index (χ1) is 8.15. The van der Waals surface area contributed by atoms with Crippen LogP contribution in [-0.2, 0) is 0 Å². The van der Waals surface area contributed by atoms with E-state index in [0.29, 0.717) is 6.04 Å². The number of benzene rings is 2. The average Bonchev–Trinajstić information content (AvgIpc) is 2.29. The summed E-state index contributed by atoms with van der Waals surface area (Å²) in [4.78, 5) is 0. The summed E-state index contributed by atoms with van der Waals surface area (Å²) in [6, 6.07) is 17.2. The van der Waals surface area contributed by atoms with Gasteiger partial charge in [-0.3, -0.25) is 0 Å². The first-order valence-corrected chi connectivity index (χ1v) is 6.53. The Morgan fingerprint density at radius 3 is 2.41 bits per heavy atom. The summed E-state index contributed by atoms with van der Waals surface area (Å²) in [6.07, 6.45) is 0. The summed E-state index contributed by atoms with van der Waals surface area (Å²) in [6.45, 7) is 4.28. The summed E-state index contributed by atoms with van der Waals surface area (Å²) in [7, 11) is 0. The van der Waals surface area contributed by atoms with Crippen LogP contribution >= 0.6 is 15.9 Å². The van der Waals surface area contributed by atoms with Gasteiger partial charge in [-0.25, -0.2) is 0 Å². The fourth-order valence-electron chi connectivity index (χ4n) is 1.77. The topological polar surface area (TPSA) is 12.0 Å². The maximum Gasteiger partial charge on any atom is 0.0485 e. The van der Waals surface area contributed by atoms with E-state index in [1.165, 1.54) is 11.1 Å². The smallest absolute Gasteiger partial charge is 0.0485 e. The van der Waals surface area contributed by atoms with Gasteiger partial charge in [-0.15, -0.1) is 0 Å². The first kappa shape index (κ1) is 12.2. The van der Waals surface area contributed by atoms with Crippen molar-refractivity contribution in [3.63, 3.8) is 0 Å². The van der Waals surface area contributed by atoms with Gasteiger partial charge in [0.25, 0.3) is 0 Å². The van der Waals surface area contributed by atoms with Crippen molar-refractivity contribution in [3.8, 4) is 0 Å². The molecule has 0 aliphatic heterocycles. The fraction of sp³-hybridized carbons (Fsp3) is 0.200. The van der Waals surface area contributed by atoms with Crippen molar-refractivity contribution in [3.05, 3.63) is 64.1 Å². The van der Waals surface area contributed by atoms with E-state index in [4.69, 9.17) is 0 Å². The molecule has 0 bridgehead atoms. The molecule has 17 heavy (non-hydrogen) atoms. The fourth-order valence-corrected chi connectivity index (χ4v) is 2.17. The van der Waals surface area contributed by atoms with Crippen LogP contribution in [0, 0.1) is 6.92 Å². The van der Waals surface area contributed by atoms with E-state index in [-0.39, 0.29) is 0 Å². The van der Waals surface area contributed by atoms with E-state index in [2.05, 4.69) is 71.5 Å². The van der Waals surface area contributed by atoms with Gasteiger partial charge in [0.1, 0.15) is 0 Å². The second kappa shape index (κ2) is 5.37.